The topological polar surface area (TPSA) is 125 Å². The van der Waals surface area contributed by atoms with Crippen molar-refractivity contribution in [1.82, 2.24) is 20.2 Å². The zero-order chi connectivity index (χ0) is 30.8. The number of aromatic nitrogens is 2. The first-order chi connectivity index (χ1) is 20.8. The predicted molar refractivity (Wildman–Crippen MR) is 165 cm³/mol. The van der Waals surface area contributed by atoms with Gasteiger partial charge in [0.15, 0.2) is 0 Å². The summed E-state index contributed by atoms with van der Waals surface area (Å²) in [4.78, 5) is 22.4. The third-order valence-corrected chi connectivity index (χ3v) is 8.18. The van der Waals surface area contributed by atoms with Crippen LogP contribution in [0.3, 0.4) is 0 Å². The summed E-state index contributed by atoms with van der Waals surface area (Å²) >= 11 is 3.79. The van der Waals surface area contributed by atoms with Gasteiger partial charge in [0.05, 0.1) is 39.6 Å². The van der Waals surface area contributed by atoms with E-state index in [1.165, 1.54) is 14.2 Å². The van der Waals surface area contributed by atoms with E-state index < -0.39 is 12.0 Å². The van der Waals surface area contributed by atoms with Crippen LogP contribution in [0.1, 0.15) is 30.0 Å². The van der Waals surface area contributed by atoms with Gasteiger partial charge in [-0.15, -0.1) is 0 Å². The molecule has 3 aromatic rings. The second-order valence-electron chi connectivity index (χ2n) is 10.1. The van der Waals surface area contributed by atoms with E-state index in [4.69, 9.17) is 23.7 Å². The number of nitrogens with zero attached hydrogens (tertiary/aromatic N) is 3. The van der Waals surface area contributed by atoms with Crippen molar-refractivity contribution in [2.24, 2.45) is 0 Å². The number of nitrogens with one attached hydrogen (secondary N) is 1. The van der Waals surface area contributed by atoms with Gasteiger partial charge in [-0.05, 0) is 59.0 Å². The lowest BCUT2D eigenvalue weighted by Crippen LogP contribution is -2.37. The van der Waals surface area contributed by atoms with Gasteiger partial charge in [0.25, 0.3) is 0 Å². The second-order valence-corrected chi connectivity index (χ2v) is 10.9. The fraction of sp³-hybridized carbons (Fsp3) is 0.452. The van der Waals surface area contributed by atoms with Crippen LogP contribution in [0, 0.1) is 6.92 Å². The summed E-state index contributed by atoms with van der Waals surface area (Å²) in [6.07, 6.45) is 0.955. The quantitative estimate of drug-likeness (QED) is 0.225. The summed E-state index contributed by atoms with van der Waals surface area (Å²) in [6, 6.07) is 11.4. The van der Waals surface area contributed by atoms with Crippen molar-refractivity contribution in [2.45, 2.75) is 39.5 Å². The number of ether oxygens (including phenoxy) is 5. The average Bonchev–Trinajstić information content (AvgIpc) is 3.02. The SMILES string of the molecule is COc1nc(OCc2cccc(-c3cccc(OCCCN4CCOCC4)c3C)c2Br)nc(OC)c1CN[C@@H](C)C(=O)O. The average molecular weight is 660 g/mol. The van der Waals surface area contributed by atoms with E-state index in [0.29, 0.717) is 12.2 Å². The highest BCUT2D eigenvalue weighted by molar-refractivity contribution is 9.10. The number of benzene rings is 2. The molecule has 1 aromatic heterocycles. The minimum atomic E-state index is -0.972. The van der Waals surface area contributed by atoms with E-state index in [2.05, 4.69) is 55.2 Å². The molecule has 1 saturated heterocycles. The fourth-order valence-electron chi connectivity index (χ4n) is 4.72. The summed E-state index contributed by atoms with van der Waals surface area (Å²) in [6.45, 7) is 9.16. The largest absolute Gasteiger partial charge is 0.493 e. The number of carboxylic acids is 1. The zero-order valence-corrected chi connectivity index (χ0v) is 26.6. The molecular formula is C31H39BrN4O7. The molecule has 0 radical (unpaired) electrons. The lowest BCUT2D eigenvalue weighted by molar-refractivity contribution is -0.139. The van der Waals surface area contributed by atoms with Crippen molar-refractivity contribution in [3.05, 3.63) is 57.6 Å². The highest BCUT2D eigenvalue weighted by Crippen LogP contribution is 2.37. The molecule has 2 N–H and O–H groups in total. The van der Waals surface area contributed by atoms with Gasteiger partial charge in [0.1, 0.15) is 18.4 Å². The fourth-order valence-corrected chi connectivity index (χ4v) is 5.31. The first-order valence-electron chi connectivity index (χ1n) is 14.2. The molecule has 2 aromatic carbocycles. The van der Waals surface area contributed by atoms with Crippen molar-refractivity contribution in [1.29, 1.82) is 0 Å². The van der Waals surface area contributed by atoms with E-state index in [-0.39, 0.29) is 30.9 Å². The minimum Gasteiger partial charge on any atom is -0.493 e. The first kappa shape index (κ1) is 32.5. The summed E-state index contributed by atoms with van der Waals surface area (Å²) in [7, 11) is 2.94. The highest BCUT2D eigenvalue weighted by atomic mass is 79.9. The van der Waals surface area contributed by atoms with Crippen LogP contribution in [-0.2, 0) is 22.7 Å². The van der Waals surface area contributed by atoms with Crippen LogP contribution in [0.5, 0.6) is 23.5 Å². The molecule has 0 amide bonds. The van der Waals surface area contributed by atoms with Crippen LogP contribution >= 0.6 is 15.9 Å². The van der Waals surface area contributed by atoms with E-state index >= 15 is 0 Å². The third kappa shape index (κ3) is 8.56. The number of carbonyl (C=O) groups is 1. The number of methoxy groups -OCH3 is 2. The summed E-state index contributed by atoms with van der Waals surface area (Å²) < 4.78 is 29.4. The van der Waals surface area contributed by atoms with Crippen LogP contribution in [0.25, 0.3) is 11.1 Å². The molecule has 0 spiro atoms. The molecule has 0 unspecified atom stereocenters. The van der Waals surface area contributed by atoms with Gasteiger partial charge in [-0.1, -0.05) is 30.3 Å². The number of halogens is 1. The van der Waals surface area contributed by atoms with Crippen molar-refractivity contribution in [2.75, 3.05) is 53.7 Å². The molecule has 1 fully saturated rings. The minimum absolute atomic E-state index is 0.0738. The van der Waals surface area contributed by atoms with Gasteiger partial charge in [-0.25, -0.2) is 0 Å². The van der Waals surface area contributed by atoms with Crippen LogP contribution in [0.15, 0.2) is 40.9 Å². The Morgan fingerprint density at radius 1 is 1.07 bits per heavy atom. The predicted octanol–water partition coefficient (Wildman–Crippen LogP) is 4.47. The number of aliphatic carboxylic acids is 1. The zero-order valence-electron chi connectivity index (χ0n) is 25.0. The smallest absolute Gasteiger partial charge is 0.323 e. The Hall–Kier alpha value is -3.45. The highest BCUT2D eigenvalue weighted by Gasteiger charge is 2.20. The van der Waals surface area contributed by atoms with Gasteiger partial charge in [0.2, 0.25) is 11.8 Å². The second kappa shape index (κ2) is 15.9. The molecular weight excluding hydrogens is 620 g/mol. The lowest BCUT2D eigenvalue weighted by atomic mass is 9.98. The maximum absolute atomic E-state index is 11.2. The van der Waals surface area contributed by atoms with E-state index in [1.807, 2.05) is 24.3 Å². The molecule has 1 aliphatic rings. The van der Waals surface area contributed by atoms with E-state index in [9.17, 15) is 9.90 Å². The Labute approximate surface area is 260 Å². The van der Waals surface area contributed by atoms with Crippen molar-refractivity contribution in [3.8, 4) is 34.6 Å². The third-order valence-electron chi connectivity index (χ3n) is 7.24. The van der Waals surface area contributed by atoms with Gasteiger partial charge < -0.3 is 34.1 Å². The van der Waals surface area contributed by atoms with Gasteiger partial charge in [0, 0.05) is 36.2 Å². The molecule has 0 saturated carbocycles. The molecule has 0 bridgehead atoms. The summed E-state index contributed by atoms with van der Waals surface area (Å²) in [5.41, 5.74) is 4.53. The van der Waals surface area contributed by atoms with Gasteiger partial charge >= 0.3 is 12.0 Å². The van der Waals surface area contributed by atoms with Crippen molar-refractivity contribution < 1.29 is 33.6 Å². The number of hydrogen-bond donors (Lipinski definition) is 2. The van der Waals surface area contributed by atoms with Crippen molar-refractivity contribution in [3.63, 3.8) is 0 Å². The number of hydrogen-bond acceptors (Lipinski definition) is 10. The summed E-state index contributed by atoms with van der Waals surface area (Å²) in [5, 5.41) is 12.1. The van der Waals surface area contributed by atoms with Crippen LogP contribution in [0.4, 0.5) is 0 Å². The van der Waals surface area contributed by atoms with Crippen LogP contribution in [-0.4, -0.2) is 85.7 Å². The molecule has 4 rings (SSSR count). The number of rotatable bonds is 15. The number of morpholine rings is 1. The van der Waals surface area contributed by atoms with Crippen LogP contribution in [0.2, 0.25) is 0 Å². The van der Waals surface area contributed by atoms with E-state index in [1.54, 1.807) is 6.92 Å². The maximum atomic E-state index is 11.2. The molecule has 12 heteroatoms. The molecule has 2 heterocycles. The normalized spacial score (nSPS) is 14.3. The summed E-state index contributed by atoms with van der Waals surface area (Å²) in [5.74, 6) is 0.364. The maximum Gasteiger partial charge on any atom is 0.323 e. The lowest BCUT2D eigenvalue weighted by Gasteiger charge is -2.26. The van der Waals surface area contributed by atoms with E-state index in [0.717, 1.165) is 71.7 Å². The molecule has 11 nitrogen and oxygen atoms in total. The standard InChI is InChI=1S/C31H39BrN4O7/c1-20-23(9-6-11-26(20)42-15-7-12-36-13-16-41-17-14-36)24-10-5-8-22(27(24)32)19-43-31-34-28(39-3)25(29(35-31)40-4)18-33-21(2)30(37)38/h5-6,8-11,21,33H,7,12-19H2,1-4H3,(H,37,38)/t21-/m0/s1. The molecule has 232 valence electrons. The Balaban J connectivity index is 1.44. The van der Waals surface area contributed by atoms with Gasteiger partial charge in [-0.3, -0.25) is 9.69 Å². The first-order valence-corrected chi connectivity index (χ1v) is 15.0. The molecule has 0 aliphatic carbocycles. The molecule has 43 heavy (non-hydrogen) atoms. The Morgan fingerprint density at radius 3 is 2.42 bits per heavy atom. The van der Waals surface area contributed by atoms with Crippen LogP contribution < -0.4 is 24.3 Å². The Kier molecular flexibility index (Phi) is 12.0. The molecule has 1 aliphatic heterocycles. The van der Waals surface area contributed by atoms with Gasteiger partial charge in [-0.2, -0.15) is 9.97 Å². The monoisotopic (exact) mass is 658 g/mol. The Morgan fingerprint density at radius 2 is 1.74 bits per heavy atom. The van der Waals surface area contributed by atoms with Crippen molar-refractivity contribution >= 4 is 21.9 Å². The number of carboxylic acid groups (broad SMARTS) is 1. The molecule has 1 atom stereocenters. The Bertz CT molecular complexity index is 1360.